The highest BCUT2D eigenvalue weighted by Crippen LogP contribution is 2.40. The number of hydrogen-bond acceptors (Lipinski definition) is 8. The number of carbonyl (C=O) groups is 1. The molecule has 9 nitrogen and oxygen atoms in total. The molecule has 2 aromatic rings. The van der Waals surface area contributed by atoms with E-state index in [1.54, 1.807) is 6.92 Å². The normalized spacial score (nSPS) is 14.8. The molecule has 1 aromatic carbocycles. The number of nitro groups is 1. The Morgan fingerprint density at radius 3 is 2.88 bits per heavy atom. The number of aromatic nitrogens is 2. The Morgan fingerprint density at radius 2 is 2.24 bits per heavy atom. The van der Waals surface area contributed by atoms with Gasteiger partial charge in [-0.3, -0.25) is 14.9 Å². The molecule has 1 aliphatic rings. The number of rotatable bonds is 7. The van der Waals surface area contributed by atoms with Crippen molar-refractivity contribution < 1.29 is 18.9 Å². The molecule has 0 spiro atoms. The van der Waals surface area contributed by atoms with E-state index in [0.29, 0.717) is 22.8 Å². The lowest BCUT2D eigenvalue weighted by Gasteiger charge is -2.12. The van der Waals surface area contributed by atoms with E-state index in [1.165, 1.54) is 25.3 Å². The summed E-state index contributed by atoms with van der Waals surface area (Å²) in [5.74, 6) is 0.940. The number of anilines is 1. The van der Waals surface area contributed by atoms with Crippen LogP contribution in [0.3, 0.4) is 0 Å². The number of benzene rings is 1. The summed E-state index contributed by atoms with van der Waals surface area (Å²) >= 11 is 1.13. The van der Waals surface area contributed by atoms with Crippen LogP contribution in [-0.2, 0) is 4.79 Å². The van der Waals surface area contributed by atoms with Gasteiger partial charge in [0.25, 0.3) is 10.9 Å². The Balaban J connectivity index is 1.67. The minimum Gasteiger partial charge on any atom is -0.495 e. The molecule has 3 rings (SSSR count). The first-order valence-corrected chi connectivity index (χ1v) is 8.49. The third-order valence-corrected chi connectivity index (χ3v) is 4.58. The summed E-state index contributed by atoms with van der Waals surface area (Å²) in [5, 5.41) is 21.2. The highest BCUT2D eigenvalue weighted by molar-refractivity contribution is 8.00. The van der Waals surface area contributed by atoms with Gasteiger partial charge in [-0.05, 0) is 25.8 Å². The van der Waals surface area contributed by atoms with Crippen molar-refractivity contribution in [3.63, 3.8) is 0 Å². The molecular formula is C15H16N4O5S. The summed E-state index contributed by atoms with van der Waals surface area (Å²) in [6.07, 6.45) is 2.10. The second-order valence-electron chi connectivity index (χ2n) is 5.57. The fourth-order valence-corrected chi connectivity index (χ4v) is 2.80. The molecule has 0 bridgehead atoms. The lowest BCUT2D eigenvalue weighted by molar-refractivity contribution is -0.384. The second-order valence-corrected chi connectivity index (χ2v) is 6.86. The maximum absolute atomic E-state index is 12.4. The van der Waals surface area contributed by atoms with Gasteiger partial charge in [0.2, 0.25) is 11.8 Å². The Bertz CT molecular complexity index is 805. The van der Waals surface area contributed by atoms with Gasteiger partial charge < -0.3 is 14.5 Å². The molecular weight excluding hydrogens is 348 g/mol. The quantitative estimate of drug-likeness (QED) is 0.452. The van der Waals surface area contributed by atoms with E-state index in [2.05, 4.69) is 15.5 Å². The number of nitro benzene ring substituents is 1. The molecule has 132 valence electrons. The molecule has 0 aliphatic heterocycles. The van der Waals surface area contributed by atoms with E-state index in [9.17, 15) is 14.9 Å². The fourth-order valence-electron chi connectivity index (χ4n) is 2.11. The van der Waals surface area contributed by atoms with Crippen LogP contribution >= 0.6 is 11.8 Å². The van der Waals surface area contributed by atoms with Crippen molar-refractivity contribution in [2.75, 3.05) is 12.4 Å². The van der Waals surface area contributed by atoms with Gasteiger partial charge in [0, 0.05) is 18.1 Å². The maximum atomic E-state index is 12.4. The third-order valence-electron chi connectivity index (χ3n) is 3.65. The highest BCUT2D eigenvalue weighted by atomic mass is 32.2. The number of hydrogen-bond donors (Lipinski definition) is 1. The van der Waals surface area contributed by atoms with Gasteiger partial charge in [-0.15, -0.1) is 10.2 Å². The Hall–Kier alpha value is -2.62. The minimum atomic E-state index is -0.537. The van der Waals surface area contributed by atoms with Gasteiger partial charge in [-0.2, -0.15) is 0 Å². The van der Waals surface area contributed by atoms with Crippen LogP contribution in [0, 0.1) is 10.1 Å². The average Bonchev–Trinajstić information content (AvgIpc) is 3.34. The number of thioether (sulfide) groups is 1. The van der Waals surface area contributed by atoms with E-state index in [-0.39, 0.29) is 17.3 Å². The summed E-state index contributed by atoms with van der Waals surface area (Å²) in [7, 11) is 1.42. The zero-order valence-electron chi connectivity index (χ0n) is 13.6. The number of nitrogens with one attached hydrogen (secondary N) is 1. The number of ether oxygens (including phenoxy) is 1. The van der Waals surface area contributed by atoms with E-state index in [1.807, 2.05) is 0 Å². The molecule has 1 aromatic heterocycles. The van der Waals surface area contributed by atoms with Gasteiger partial charge in [-0.1, -0.05) is 11.8 Å². The summed E-state index contributed by atoms with van der Waals surface area (Å²) in [5.41, 5.74) is 0.0979. The van der Waals surface area contributed by atoms with Crippen molar-refractivity contribution in [1.82, 2.24) is 10.2 Å². The molecule has 1 fully saturated rings. The first-order valence-electron chi connectivity index (χ1n) is 7.61. The van der Waals surface area contributed by atoms with Crippen LogP contribution in [0.25, 0.3) is 0 Å². The summed E-state index contributed by atoms with van der Waals surface area (Å²) in [4.78, 5) is 22.7. The van der Waals surface area contributed by atoms with Crippen LogP contribution in [0.4, 0.5) is 11.4 Å². The fraction of sp³-hybridized carbons (Fsp3) is 0.400. The molecule has 0 radical (unpaired) electrons. The smallest absolute Gasteiger partial charge is 0.277 e. The monoisotopic (exact) mass is 364 g/mol. The lowest BCUT2D eigenvalue weighted by atomic mass is 10.2. The van der Waals surface area contributed by atoms with Gasteiger partial charge >= 0.3 is 0 Å². The molecule has 0 saturated heterocycles. The van der Waals surface area contributed by atoms with Crippen LogP contribution in [0.2, 0.25) is 0 Å². The molecule has 1 amide bonds. The molecule has 1 aliphatic carbocycles. The summed E-state index contributed by atoms with van der Waals surface area (Å²) in [6, 6.07) is 4.00. The van der Waals surface area contributed by atoms with E-state index < -0.39 is 10.2 Å². The predicted octanol–water partition coefficient (Wildman–Crippen LogP) is 2.98. The number of non-ortho nitro benzene ring substituents is 1. The molecule has 1 atom stereocenters. The largest absolute Gasteiger partial charge is 0.495 e. The SMILES string of the molecule is COc1ccc([N+](=O)[O-])cc1NC(=O)[C@H](C)Sc1nnc(C2CC2)o1. The van der Waals surface area contributed by atoms with Crippen molar-refractivity contribution in [3.05, 3.63) is 34.2 Å². The number of methoxy groups -OCH3 is 1. The molecule has 1 N–H and O–H groups in total. The lowest BCUT2D eigenvalue weighted by Crippen LogP contribution is -2.22. The van der Waals surface area contributed by atoms with Gasteiger partial charge in [0.05, 0.1) is 23.0 Å². The average molecular weight is 364 g/mol. The zero-order valence-corrected chi connectivity index (χ0v) is 14.4. The zero-order chi connectivity index (χ0) is 18.0. The first-order chi connectivity index (χ1) is 12.0. The number of carbonyl (C=O) groups excluding carboxylic acids is 1. The minimum absolute atomic E-state index is 0.137. The van der Waals surface area contributed by atoms with Crippen molar-refractivity contribution in [1.29, 1.82) is 0 Å². The van der Waals surface area contributed by atoms with Crippen molar-refractivity contribution in [2.45, 2.75) is 36.2 Å². The van der Waals surface area contributed by atoms with Crippen LogP contribution in [0.5, 0.6) is 5.75 Å². The van der Waals surface area contributed by atoms with Crippen molar-refractivity contribution >= 4 is 29.0 Å². The standard InChI is InChI=1S/C15H16N4O5S/c1-8(25-15-18-17-14(24-15)9-3-4-9)13(20)16-11-7-10(19(21)22)5-6-12(11)23-2/h5-9H,3-4H2,1-2H3,(H,16,20)/t8-/m0/s1. The Morgan fingerprint density at radius 1 is 1.48 bits per heavy atom. The van der Waals surface area contributed by atoms with Crippen molar-refractivity contribution in [3.8, 4) is 5.75 Å². The predicted molar refractivity (Wildman–Crippen MR) is 89.9 cm³/mol. The molecule has 25 heavy (non-hydrogen) atoms. The van der Waals surface area contributed by atoms with E-state index in [0.717, 1.165) is 24.6 Å². The van der Waals surface area contributed by atoms with Crippen LogP contribution in [0.1, 0.15) is 31.6 Å². The van der Waals surface area contributed by atoms with Gasteiger partial charge in [0.1, 0.15) is 5.75 Å². The van der Waals surface area contributed by atoms with E-state index in [4.69, 9.17) is 9.15 Å². The summed E-state index contributed by atoms with van der Waals surface area (Å²) in [6.45, 7) is 1.69. The highest BCUT2D eigenvalue weighted by Gasteiger charge is 2.30. The first kappa shape index (κ1) is 17.2. The van der Waals surface area contributed by atoms with Gasteiger partial charge in [-0.25, -0.2) is 0 Å². The topological polar surface area (TPSA) is 120 Å². The second kappa shape index (κ2) is 7.09. The summed E-state index contributed by atoms with van der Waals surface area (Å²) < 4.78 is 10.7. The number of nitrogens with zero attached hydrogens (tertiary/aromatic N) is 3. The molecule has 0 unspecified atom stereocenters. The third kappa shape index (κ3) is 4.08. The molecule has 1 heterocycles. The van der Waals surface area contributed by atoms with Crippen LogP contribution in [0.15, 0.2) is 27.8 Å². The molecule has 10 heteroatoms. The number of amides is 1. The maximum Gasteiger partial charge on any atom is 0.277 e. The Kier molecular flexibility index (Phi) is 4.88. The Labute approximate surface area is 147 Å². The molecule has 1 saturated carbocycles. The van der Waals surface area contributed by atoms with Crippen LogP contribution in [-0.4, -0.2) is 33.4 Å². The van der Waals surface area contributed by atoms with Gasteiger partial charge in [0.15, 0.2) is 0 Å². The van der Waals surface area contributed by atoms with Crippen LogP contribution < -0.4 is 10.1 Å². The van der Waals surface area contributed by atoms with Crippen molar-refractivity contribution in [2.24, 2.45) is 0 Å². The van der Waals surface area contributed by atoms with E-state index >= 15 is 0 Å².